The normalized spacial score (nSPS) is 12.8. The summed E-state index contributed by atoms with van der Waals surface area (Å²) in [5.41, 5.74) is 0. The van der Waals surface area contributed by atoms with Crippen molar-refractivity contribution in [2.45, 2.75) is 12.5 Å². The molecule has 0 rings (SSSR count). The molecule has 1 atom stereocenters. The SMILES string of the molecule is COCCOCCOCCNC(CCO)COC. The van der Waals surface area contributed by atoms with E-state index >= 15 is 0 Å². The summed E-state index contributed by atoms with van der Waals surface area (Å²) in [5, 5.41) is 12.1. The Morgan fingerprint density at radius 3 is 2.22 bits per heavy atom. The molecule has 0 aliphatic heterocycles. The van der Waals surface area contributed by atoms with E-state index in [1.807, 2.05) is 0 Å². The lowest BCUT2D eigenvalue weighted by molar-refractivity contribution is 0.0245. The van der Waals surface area contributed by atoms with Crippen LogP contribution in [0.3, 0.4) is 0 Å². The van der Waals surface area contributed by atoms with Gasteiger partial charge in [0.1, 0.15) is 0 Å². The van der Waals surface area contributed by atoms with Crippen LogP contribution in [0.4, 0.5) is 0 Å². The first-order valence-corrected chi connectivity index (χ1v) is 6.32. The predicted octanol–water partition coefficient (Wildman–Crippen LogP) is -0.347. The molecule has 6 heteroatoms. The van der Waals surface area contributed by atoms with Crippen molar-refractivity contribution < 1.29 is 24.1 Å². The fraction of sp³-hybridized carbons (Fsp3) is 1.00. The first kappa shape index (κ1) is 17.8. The third-order valence-corrected chi connectivity index (χ3v) is 2.33. The van der Waals surface area contributed by atoms with E-state index in [1.165, 1.54) is 0 Å². The Bertz CT molecular complexity index is 153. The molecule has 0 fully saturated rings. The van der Waals surface area contributed by atoms with Crippen molar-refractivity contribution in [3.05, 3.63) is 0 Å². The molecule has 1 unspecified atom stereocenters. The van der Waals surface area contributed by atoms with Gasteiger partial charge in [-0.2, -0.15) is 0 Å². The molecule has 6 nitrogen and oxygen atoms in total. The van der Waals surface area contributed by atoms with E-state index in [9.17, 15) is 0 Å². The Kier molecular flexibility index (Phi) is 14.6. The summed E-state index contributed by atoms with van der Waals surface area (Å²) in [7, 11) is 3.30. The summed E-state index contributed by atoms with van der Waals surface area (Å²) in [5.74, 6) is 0. The second-order valence-corrected chi connectivity index (χ2v) is 3.84. The van der Waals surface area contributed by atoms with Crippen molar-refractivity contribution in [2.24, 2.45) is 0 Å². The maximum atomic E-state index is 8.85. The average Bonchev–Trinajstić information content (AvgIpc) is 2.37. The summed E-state index contributed by atoms with van der Waals surface area (Å²) in [4.78, 5) is 0. The van der Waals surface area contributed by atoms with Crippen LogP contribution in [0, 0.1) is 0 Å². The Labute approximate surface area is 110 Å². The van der Waals surface area contributed by atoms with Gasteiger partial charge >= 0.3 is 0 Å². The van der Waals surface area contributed by atoms with Crippen LogP contribution in [0.15, 0.2) is 0 Å². The Hall–Kier alpha value is -0.240. The van der Waals surface area contributed by atoms with Gasteiger partial charge in [0.2, 0.25) is 0 Å². The molecule has 0 aromatic heterocycles. The molecular formula is C12H27NO5. The number of aliphatic hydroxyl groups excluding tert-OH is 1. The van der Waals surface area contributed by atoms with Gasteiger partial charge < -0.3 is 29.4 Å². The molecule has 2 N–H and O–H groups in total. The minimum absolute atomic E-state index is 0.162. The molecule has 0 saturated heterocycles. The smallest absolute Gasteiger partial charge is 0.0701 e. The number of rotatable bonds is 14. The molecule has 0 bridgehead atoms. The highest BCUT2D eigenvalue weighted by molar-refractivity contribution is 4.64. The highest BCUT2D eigenvalue weighted by Crippen LogP contribution is 1.91. The second kappa shape index (κ2) is 14.8. The standard InChI is InChI=1S/C12H27NO5/c1-15-7-8-18-10-9-17-6-4-13-12(3-5-14)11-16-2/h12-14H,3-11H2,1-2H3. The largest absolute Gasteiger partial charge is 0.396 e. The summed E-state index contributed by atoms with van der Waals surface area (Å²) < 4.78 is 20.5. The Morgan fingerprint density at radius 1 is 0.944 bits per heavy atom. The van der Waals surface area contributed by atoms with E-state index in [4.69, 9.17) is 24.1 Å². The fourth-order valence-corrected chi connectivity index (χ4v) is 1.40. The van der Waals surface area contributed by atoms with Crippen LogP contribution in [0.25, 0.3) is 0 Å². The van der Waals surface area contributed by atoms with Gasteiger partial charge in [-0.3, -0.25) is 0 Å². The van der Waals surface area contributed by atoms with Crippen molar-refractivity contribution in [3.8, 4) is 0 Å². The van der Waals surface area contributed by atoms with Gasteiger partial charge in [0.25, 0.3) is 0 Å². The summed E-state index contributed by atoms with van der Waals surface area (Å²) in [6.07, 6.45) is 0.688. The molecule has 0 radical (unpaired) electrons. The molecule has 0 saturated carbocycles. The molecule has 18 heavy (non-hydrogen) atoms. The minimum atomic E-state index is 0.162. The van der Waals surface area contributed by atoms with Gasteiger partial charge in [-0.05, 0) is 6.42 Å². The van der Waals surface area contributed by atoms with Crippen molar-refractivity contribution in [2.75, 3.05) is 67.0 Å². The number of ether oxygens (including phenoxy) is 4. The molecule has 0 aromatic rings. The number of hydrogen-bond acceptors (Lipinski definition) is 6. The molecule has 0 amide bonds. The van der Waals surface area contributed by atoms with E-state index in [1.54, 1.807) is 14.2 Å². The Morgan fingerprint density at radius 2 is 1.61 bits per heavy atom. The van der Waals surface area contributed by atoms with Crippen LogP contribution >= 0.6 is 0 Å². The summed E-state index contributed by atoms with van der Waals surface area (Å²) in [6.45, 7) is 4.51. The van der Waals surface area contributed by atoms with Gasteiger partial charge in [0.15, 0.2) is 0 Å². The van der Waals surface area contributed by atoms with Crippen LogP contribution in [-0.2, 0) is 18.9 Å². The second-order valence-electron chi connectivity index (χ2n) is 3.84. The molecule has 0 aliphatic carbocycles. The third-order valence-electron chi connectivity index (χ3n) is 2.33. The molecule has 0 spiro atoms. The number of hydrogen-bond donors (Lipinski definition) is 2. The maximum Gasteiger partial charge on any atom is 0.0701 e. The van der Waals surface area contributed by atoms with E-state index < -0.39 is 0 Å². The quantitative estimate of drug-likeness (QED) is 0.419. The molecule has 110 valence electrons. The zero-order valence-electron chi connectivity index (χ0n) is 11.5. The monoisotopic (exact) mass is 265 g/mol. The first-order valence-electron chi connectivity index (χ1n) is 6.32. The minimum Gasteiger partial charge on any atom is -0.396 e. The van der Waals surface area contributed by atoms with E-state index in [2.05, 4.69) is 5.32 Å². The van der Waals surface area contributed by atoms with E-state index in [-0.39, 0.29) is 12.6 Å². The van der Waals surface area contributed by atoms with Gasteiger partial charge in [-0.25, -0.2) is 0 Å². The molecule has 0 aliphatic rings. The predicted molar refractivity (Wildman–Crippen MR) is 68.9 cm³/mol. The zero-order chi connectivity index (χ0) is 13.5. The summed E-state index contributed by atoms with van der Waals surface area (Å²) in [6, 6.07) is 0.182. The number of methoxy groups -OCH3 is 2. The van der Waals surface area contributed by atoms with Crippen LogP contribution in [0.2, 0.25) is 0 Å². The lowest BCUT2D eigenvalue weighted by atomic mass is 10.2. The number of aliphatic hydroxyl groups is 1. The Balaban J connectivity index is 3.21. The van der Waals surface area contributed by atoms with Gasteiger partial charge in [-0.15, -0.1) is 0 Å². The van der Waals surface area contributed by atoms with Crippen LogP contribution in [0.5, 0.6) is 0 Å². The van der Waals surface area contributed by atoms with Crippen LogP contribution in [-0.4, -0.2) is 78.2 Å². The summed E-state index contributed by atoms with van der Waals surface area (Å²) >= 11 is 0. The van der Waals surface area contributed by atoms with Crippen LogP contribution in [0.1, 0.15) is 6.42 Å². The van der Waals surface area contributed by atoms with E-state index in [0.717, 1.165) is 6.54 Å². The van der Waals surface area contributed by atoms with Crippen molar-refractivity contribution in [1.82, 2.24) is 5.32 Å². The van der Waals surface area contributed by atoms with Crippen molar-refractivity contribution in [1.29, 1.82) is 0 Å². The van der Waals surface area contributed by atoms with Crippen LogP contribution < -0.4 is 5.32 Å². The lowest BCUT2D eigenvalue weighted by Gasteiger charge is -2.16. The highest BCUT2D eigenvalue weighted by atomic mass is 16.5. The average molecular weight is 265 g/mol. The first-order chi connectivity index (χ1) is 8.85. The fourth-order valence-electron chi connectivity index (χ4n) is 1.40. The van der Waals surface area contributed by atoms with E-state index in [0.29, 0.717) is 46.1 Å². The molecule has 0 aromatic carbocycles. The zero-order valence-corrected chi connectivity index (χ0v) is 11.5. The van der Waals surface area contributed by atoms with Crippen molar-refractivity contribution in [3.63, 3.8) is 0 Å². The van der Waals surface area contributed by atoms with Crippen molar-refractivity contribution >= 4 is 0 Å². The molecular weight excluding hydrogens is 238 g/mol. The lowest BCUT2D eigenvalue weighted by Crippen LogP contribution is -2.36. The topological polar surface area (TPSA) is 69.2 Å². The third kappa shape index (κ3) is 12.2. The number of nitrogens with one attached hydrogen (secondary N) is 1. The molecule has 0 heterocycles. The van der Waals surface area contributed by atoms with Gasteiger partial charge in [0.05, 0.1) is 39.6 Å². The van der Waals surface area contributed by atoms with Gasteiger partial charge in [-0.1, -0.05) is 0 Å². The van der Waals surface area contributed by atoms with Gasteiger partial charge in [0, 0.05) is 33.4 Å². The highest BCUT2D eigenvalue weighted by Gasteiger charge is 2.05. The maximum absolute atomic E-state index is 8.85.